The summed E-state index contributed by atoms with van der Waals surface area (Å²) in [4.78, 5) is 18.2. The fraction of sp³-hybridized carbons (Fsp3) is 0.593. The van der Waals surface area contributed by atoms with Crippen molar-refractivity contribution in [3.05, 3.63) is 35.0 Å². The molecule has 4 rings (SSSR count). The third kappa shape index (κ3) is 5.68. The standard InChI is InChI=1S/C27H38N4O3S/c1-6-8-9-10-13-34-21-12-11-18(15-22(21)33-5)24-23-19(16-27(3,4)17-20(23)32)28-25-29-26(30-31(24)25)35-14-7-2/h11-12,15,24H,6-10,13-14,16-17H2,1-5H3,(H,28,29,30). The zero-order chi connectivity index (χ0) is 25.0. The highest BCUT2D eigenvalue weighted by Crippen LogP contribution is 2.46. The molecule has 1 aromatic heterocycles. The number of nitrogens with one attached hydrogen (secondary N) is 1. The topological polar surface area (TPSA) is 78.3 Å². The van der Waals surface area contributed by atoms with Gasteiger partial charge in [0.25, 0.3) is 0 Å². The van der Waals surface area contributed by atoms with Crippen LogP contribution < -0.4 is 14.8 Å². The molecule has 8 heteroatoms. The number of hydrogen-bond donors (Lipinski definition) is 1. The largest absolute Gasteiger partial charge is 0.493 e. The molecule has 0 saturated carbocycles. The van der Waals surface area contributed by atoms with Gasteiger partial charge in [0, 0.05) is 23.4 Å². The average molecular weight is 499 g/mol. The molecule has 1 atom stereocenters. The molecule has 0 radical (unpaired) electrons. The van der Waals surface area contributed by atoms with Crippen molar-refractivity contribution in [2.45, 2.75) is 83.8 Å². The molecule has 0 spiro atoms. The van der Waals surface area contributed by atoms with Crippen LogP contribution in [0.15, 0.2) is 34.6 Å². The lowest BCUT2D eigenvalue weighted by molar-refractivity contribution is -0.118. The van der Waals surface area contributed by atoms with Crippen LogP contribution in [0.4, 0.5) is 5.95 Å². The summed E-state index contributed by atoms with van der Waals surface area (Å²) in [6.07, 6.45) is 6.96. The fourth-order valence-electron chi connectivity index (χ4n) is 4.84. The second kappa shape index (κ2) is 11.1. The van der Waals surface area contributed by atoms with Crippen molar-refractivity contribution in [2.24, 2.45) is 5.41 Å². The summed E-state index contributed by atoms with van der Waals surface area (Å²) in [5, 5.41) is 8.98. The van der Waals surface area contributed by atoms with E-state index in [9.17, 15) is 4.79 Å². The molecule has 2 aliphatic rings. The van der Waals surface area contributed by atoms with Gasteiger partial charge >= 0.3 is 0 Å². The molecule has 0 bridgehead atoms. The number of carbonyl (C=O) groups excluding carboxylic acids is 1. The minimum atomic E-state index is -0.346. The number of hydrogen-bond acceptors (Lipinski definition) is 7. The zero-order valence-corrected chi connectivity index (χ0v) is 22.5. The molecule has 7 nitrogen and oxygen atoms in total. The highest BCUT2D eigenvalue weighted by atomic mass is 32.2. The first kappa shape index (κ1) is 25.6. The number of allylic oxidation sites excluding steroid dienone is 2. The number of carbonyl (C=O) groups is 1. The summed E-state index contributed by atoms with van der Waals surface area (Å²) < 4.78 is 13.6. The number of Topliss-reactive ketones (excluding diaryl/α,β-unsaturated/α-hetero) is 1. The number of benzene rings is 1. The molecule has 2 heterocycles. The van der Waals surface area contributed by atoms with E-state index in [1.54, 1.807) is 18.9 Å². The minimum absolute atomic E-state index is 0.0946. The van der Waals surface area contributed by atoms with E-state index in [0.717, 1.165) is 59.2 Å². The van der Waals surface area contributed by atoms with Crippen molar-refractivity contribution in [3.8, 4) is 11.5 Å². The van der Waals surface area contributed by atoms with E-state index in [4.69, 9.17) is 19.6 Å². The van der Waals surface area contributed by atoms with Gasteiger partial charge in [-0.05, 0) is 42.4 Å². The number of thioether (sulfide) groups is 1. The Hall–Kier alpha value is -2.48. The smallest absolute Gasteiger partial charge is 0.227 e. The Morgan fingerprint density at radius 3 is 2.71 bits per heavy atom. The Labute approximate surface area is 213 Å². The molecule has 190 valence electrons. The Kier molecular flexibility index (Phi) is 8.09. The maximum absolute atomic E-state index is 13.4. The van der Waals surface area contributed by atoms with Gasteiger partial charge in [0.05, 0.1) is 13.7 Å². The van der Waals surface area contributed by atoms with Crippen LogP contribution in [-0.4, -0.2) is 40.0 Å². The predicted molar refractivity (Wildman–Crippen MR) is 140 cm³/mol. The van der Waals surface area contributed by atoms with Crippen LogP contribution >= 0.6 is 11.8 Å². The molecule has 0 amide bonds. The van der Waals surface area contributed by atoms with Crippen molar-refractivity contribution < 1.29 is 14.3 Å². The molecule has 0 saturated heterocycles. The van der Waals surface area contributed by atoms with Gasteiger partial charge in [-0.15, -0.1) is 5.10 Å². The Balaban J connectivity index is 1.70. The predicted octanol–water partition coefficient (Wildman–Crippen LogP) is 6.41. The lowest BCUT2D eigenvalue weighted by atomic mass is 9.73. The SMILES string of the molecule is CCCCCCOc1ccc(C2C3=C(CC(C)(C)CC3=O)Nc3nc(SCCC)nn32)cc1OC. The van der Waals surface area contributed by atoms with Crippen LogP contribution in [-0.2, 0) is 4.79 Å². The van der Waals surface area contributed by atoms with E-state index < -0.39 is 0 Å². The monoisotopic (exact) mass is 498 g/mol. The van der Waals surface area contributed by atoms with Gasteiger partial charge in [0.2, 0.25) is 11.1 Å². The van der Waals surface area contributed by atoms with Gasteiger partial charge < -0.3 is 14.8 Å². The maximum atomic E-state index is 13.4. The number of fused-ring (bicyclic) bond motifs is 1. The van der Waals surface area contributed by atoms with Crippen LogP contribution in [0, 0.1) is 5.41 Å². The summed E-state index contributed by atoms with van der Waals surface area (Å²) in [5.41, 5.74) is 2.59. The number of anilines is 1. The molecule has 1 unspecified atom stereocenters. The molecule has 1 aliphatic carbocycles. The first-order valence-electron chi connectivity index (χ1n) is 12.8. The third-order valence-corrected chi connectivity index (χ3v) is 7.55. The van der Waals surface area contributed by atoms with Crippen LogP contribution in [0.25, 0.3) is 0 Å². The van der Waals surface area contributed by atoms with Crippen molar-refractivity contribution in [1.29, 1.82) is 0 Å². The Bertz CT molecular complexity index is 1090. The number of unbranched alkanes of at least 4 members (excludes halogenated alkanes) is 3. The van der Waals surface area contributed by atoms with Crippen molar-refractivity contribution >= 4 is 23.5 Å². The molecular weight excluding hydrogens is 460 g/mol. The van der Waals surface area contributed by atoms with Gasteiger partial charge in [-0.2, -0.15) is 4.98 Å². The van der Waals surface area contributed by atoms with Gasteiger partial charge in [-0.3, -0.25) is 4.79 Å². The van der Waals surface area contributed by atoms with E-state index >= 15 is 0 Å². The summed E-state index contributed by atoms with van der Waals surface area (Å²) in [6.45, 7) is 9.29. The first-order chi connectivity index (χ1) is 16.9. The van der Waals surface area contributed by atoms with E-state index in [2.05, 4.69) is 33.0 Å². The summed E-state index contributed by atoms with van der Waals surface area (Å²) in [7, 11) is 1.66. The summed E-state index contributed by atoms with van der Waals surface area (Å²) in [5.74, 6) is 3.20. The normalized spacial score (nSPS) is 18.7. The third-order valence-electron chi connectivity index (χ3n) is 6.51. The molecule has 1 aromatic carbocycles. The van der Waals surface area contributed by atoms with Crippen molar-refractivity contribution in [1.82, 2.24) is 14.8 Å². The second-order valence-corrected chi connectivity index (χ2v) is 11.3. The lowest BCUT2D eigenvalue weighted by Gasteiger charge is -2.38. The van der Waals surface area contributed by atoms with E-state index in [1.165, 1.54) is 12.8 Å². The number of rotatable bonds is 11. The highest BCUT2D eigenvalue weighted by Gasteiger charge is 2.42. The fourth-order valence-corrected chi connectivity index (χ4v) is 5.52. The second-order valence-electron chi connectivity index (χ2n) is 10.2. The van der Waals surface area contributed by atoms with E-state index in [1.807, 2.05) is 22.9 Å². The van der Waals surface area contributed by atoms with Gasteiger partial charge in [-0.1, -0.05) is 64.8 Å². The maximum Gasteiger partial charge on any atom is 0.227 e. The summed E-state index contributed by atoms with van der Waals surface area (Å²) >= 11 is 1.64. The van der Waals surface area contributed by atoms with Crippen LogP contribution in [0.3, 0.4) is 0 Å². The molecule has 0 fully saturated rings. The van der Waals surface area contributed by atoms with Crippen molar-refractivity contribution in [3.63, 3.8) is 0 Å². The molecule has 1 N–H and O–H groups in total. The number of ether oxygens (including phenoxy) is 2. The Morgan fingerprint density at radius 1 is 1.14 bits per heavy atom. The minimum Gasteiger partial charge on any atom is -0.493 e. The van der Waals surface area contributed by atoms with E-state index in [0.29, 0.717) is 24.7 Å². The number of aromatic nitrogens is 3. The van der Waals surface area contributed by atoms with Crippen LogP contribution in [0.2, 0.25) is 0 Å². The van der Waals surface area contributed by atoms with Gasteiger partial charge in [0.15, 0.2) is 17.3 Å². The first-order valence-corrected chi connectivity index (χ1v) is 13.8. The number of methoxy groups -OCH3 is 1. The van der Waals surface area contributed by atoms with E-state index in [-0.39, 0.29) is 17.2 Å². The quantitative estimate of drug-likeness (QED) is 0.283. The van der Waals surface area contributed by atoms with Gasteiger partial charge in [0.1, 0.15) is 6.04 Å². The lowest BCUT2D eigenvalue weighted by Crippen LogP contribution is -2.36. The molecular formula is C27H38N4O3S. The zero-order valence-electron chi connectivity index (χ0n) is 21.6. The summed E-state index contributed by atoms with van der Waals surface area (Å²) in [6, 6.07) is 5.62. The molecule has 2 aromatic rings. The number of ketones is 1. The Morgan fingerprint density at radius 2 is 1.97 bits per heavy atom. The highest BCUT2D eigenvalue weighted by molar-refractivity contribution is 7.99. The average Bonchev–Trinajstić information content (AvgIpc) is 3.23. The molecule has 35 heavy (non-hydrogen) atoms. The van der Waals surface area contributed by atoms with Crippen LogP contribution in [0.1, 0.15) is 84.2 Å². The van der Waals surface area contributed by atoms with Crippen molar-refractivity contribution in [2.75, 3.05) is 24.8 Å². The van der Waals surface area contributed by atoms with Crippen LogP contribution in [0.5, 0.6) is 11.5 Å². The molecule has 1 aliphatic heterocycles. The van der Waals surface area contributed by atoms with Gasteiger partial charge in [-0.25, -0.2) is 4.68 Å². The number of nitrogens with zero attached hydrogens (tertiary/aromatic N) is 3.